The fourth-order valence-electron chi connectivity index (χ4n) is 2.83. The molecular weight excluding hydrogens is 299 g/mol. The Kier molecular flexibility index (Phi) is 6.73. The van der Waals surface area contributed by atoms with Crippen LogP contribution in [0.25, 0.3) is 0 Å². The van der Waals surface area contributed by atoms with Crippen molar-refractivity contribution in [2.24, 2.45) is 11.8 Å². The molecule has 2 unspecified atom stereocenters. The highest BCUT2D eigenvalue weighted by molar-refractivity contribution is 5.80. The zero-order chi connectivity index (χ0) is 17.7. The maximum absolute atomic E-state index is 13.7. The van der Waals surface area contributed by atoms with Gasteiger partial charge in [0.25, 0.3) is 0 Å². The van der Waals surface area contributed by atoms with Gasteiger partial charge in [-0.2, -0.15) is 0 Å². The number of carbonyl (C=O) groups is 2. The minimum Gasteiger partial charge on any atom is -0.481 e. The van der Waals surface area contributed by atoms with E-state index in [9.17, 15) is 24.2 Å². The number of rotatable bonds is 8. The van der Waals surface area contributed by atoms with Crippen molar-refractivity contribution < 1.29 is 24.2 Å². The Hall–Kier alpha value is -1.91. The van der Waals surface area contributed by atoms with Crippen molar-refractivity contribution in [2.45, 2.75) is 52.4 Å². The number of hydrogen-bond acceptors (Lipinski definition) is 2. The molecule has 0 radical (unpaired) electrons. The molecule has 0 aromatic heterocycles. The zero-order valence-corrected chi connectivity index (χ0v) is 14.0. The van der Waals surface area contributed by atoms with Crippen LogP contribution in [0.5, 0.6) is 0 Å². The molecule has 0 fully saturated rings. The third-order valence-corrected chi connectivity index (χ3v) is 3.81. The number of hydrogen-bond donors (Lipinski definition) is 2. The van der Waals surface area contributed by atoms with Crippen molar-refractivity contribution in [2.75, 3.05) is 0 Å². The summed E-state index contributed by atoms with van der Waals surface area (Å²) in [7, 11) is 0. The van der Waals surface area contributed by atoms with Gasteiger partial charge in [0.1, 0.15) is 5.82 Å². The lowest BCUT2D eigenvalue weighted by molar-refractivity contribution is -0.140. The SMILES string of the molecule is CC(C)CC(C(=O)O)c1ccc(F)cc1C(CC(C)C)C(=O)O. The van der Waals surface area contributed by atoms with Crippen molar-refractivity contribution in [1.82, 2.24) is 0 Å². The van der Waals surface area contributed by atoms with Gasteiger partial charge in [0, 0.05) is 0 Å². The first kappa shape index (κ1) is 19.1. The molecule has 0 aliphatic carbocycles. The lowest BCUT2D eigenvalue weighted by Gasteiger charge is -2.23. The van der Waals surface area contributed by atoms with E-state index < -0.39 is 29.6 Å². The van der Waals surface area contributed by atoms with Gasteiger partial charge in [-0.15, -0.1) is 0 Å². The summed E-state index contributed by atoms with van der Waals surface area (Å²) < 4.78 is 13.7. The van der Waals surface area contributed by atoms with E-state index in [4.69, 9.17) is 0 Å². The quantitative estimate of drug-likeness (QED) is 0.749. The van der Waals surface area contributed by atoms with Crippen LogP contribution in [0, 0.1) is 17.7 Å². The molecule has 2 atom stereocenters. The molecule has 0 bridgehead atoms. The second-order valence-corrected chi connectivity index (χ2v) is 6.81. The van der Waals surface area contributed by atoms with Crippen molar-refractivity contribution in [3.8, 4) is 0 Å². The Labute approximate surface area is 136 Å². The third kappa shape index (κ3) is 5.34. The molecule has 23 heavy (non-hydrogen) atoms. The number of benzene rings is 1. The van der Waals surface area contributed by atoms with E-state index in [1.54, 1.807) is 0 Å². The molecule has 4 nitrogen and oxygen atoms in total. The summed E-state index contributed by atoms with van der Waals surface area (Å²) in [6.45, 7) is 7.58. The van der Waals surface area contributed by atoms with E-state index in [2.05, 4.69) is 0 Å². The molecular formula is C18H25FO4. The molecule has 0 heterocycles. The van der Waals surface area contributed by atoms with Gasteiger partial charge in [-0.25, -0.2) is 4.39 Å². The van der Waals surface area contributed by atoms with Crippen LogP contribution in [0.2, 0.25) is 0 Å². The smallest absolute Gasteiger partial charge is 0.310 e. The summed E-state index contributed by atoms with van der Waals surface area (Å²) in [6.07, 6.45) is 0.710. The summed E-state index contributed by atoms with van der Waals surface area (Å²) >= 11 is 0. The monoisotopic (exact) mass is 324 g/mol. The van der Waals surface area contributed by atoms with Gasteiger partial charge in [-0.1, -0.05) is 33.8 Å². The number of carboxylic acid groups (broad SMARTS) is 2. The van der Waals surface area contributed by atoms with Crippen molar-refractivity contribution >= 4 is 11.9 Å². The van der Waals surface area contributed by atoms with Gasteiger partial charge in [-0.3, -0.25) is 9.59 Å². The largest absolute Gasteiger partial charge is 0.481 e. The van der Waals surface area contributed by atoms with Crippen molar-refractivity contribution in [3.63, 3.8) is 0 Å². The zero-order valence-electron chi connectivity index (χ0n) is 14.0. The normalized spacial score (nSPS) is 14.0. The summed E-state index contributed by atoms with van der Waals surface area (Å²) in [4.78, 5) is 23.3. The first-order valence-corrected chi connectivity index (χ1v) is 7.88. The van der Waals surface area contributed by atoms with E-state index in [-0.39, 0.29) is 17.4 Å². The molecule has 1 aromatic carbocycles. The Morgan fingerprint density at radius 3 is 1.74 bits per heavy atom. The second-order valence-electron chi connectivity index (χ2n) is 6.81. The summed E-state index contributed by atoms with van der Waals surface area (Å²) in [5.74, 6) is -4.13. The van der Waals surface area contributed by atoms with Crippen LogP contribution in [-0.4, -0.2) is 22.2 Å². The lowest BCUT2D eigenvalue weighted by Crippen LogP contribution is -2.21. The second kappa shape index (κ2) is 8.09. The van der Waals surface area contributed by atoms with E-state index in [0.29, 0.717) is 18.4 Å². The Bertz CT molecular complexity index is 566. The highest BCUT2D eigenvalue weighted by atomic mass is 19.1. The van der Waals surface area contributed by atoms with Gasteiger partial charge in [0.2, 0.25) is 0 Å². The van der Waals surface area contributed by atoms with Gasteiger partial charge in [-0.05, 0) is 47.9 Å². The molecule has 1 rings (SSSR count). The van der Waals surface area contributed by atoms with Crippen molar-refractivity contribution in [1.29, 1.82) is 0 Å². The Balaban J connectivity index is 3.42. The topological polar surface area (TPSA) is 74.6 Å². The van der Waals surface area contributed by atoms with Gasteiger partial charge in [0.05, 0.1) is 11.8 Å². The first-order valence-electron chi connectivity index (χ1n) is 7.88. The number of halogens is 1. The first-order chi connectivity index (χ1) is 10.6. The minimum absolute atomic E-state index is 0.0978. The van der Waals surface area contributed by atoms with Gasteiger partial charge in [0.15, 0.2) is 0 Å². The molecule has 0 saturated heterocycles. The van der Waals surface area contributed by atoms with Crippen molar-refractivity contribution in [3.05, 3.63) is 35.1 Å². The third-order valence-electron chi connectivity index (χ3n) is 3.81. The van der Waals surface area contributed by atoms with E-state index >= 15 is 0 Å². The van der Waals surface area contributed by atoms with Crippen LogP contribution in [-0.2, 0) is 9.59 Å². The molecule has 0 saturated carbocycles. The van der Waals surface area contributed by atoms with Crippen LogP contribution < -0.4 is 0 Å². The predicted octanol–water partition coefficient (Wildman–Crippen LogP) is 4.25. The van der Waals surface area contributed by atoms with Gasteiger partial charge < -0.3 is 10.2 Å². The molecule has 0 aliphatic heterocycles. The fourth-order valence-corrected chi connectivity index (χ4v) is 2.83. The van der Waals surface area contributed by atoms with E-state index in [1.807, 2.05) is 27.7 Å². The van der Waals surface area contributed by atoms with Gasteiger partial charge >= 0.3 is 11.9 Å². The van der Waals surface area contributed by atoms with Crippen LogP contribution in [0.15, 0.2) is 18.2 Å². The molecule has 1 aromatic rings. The molecule has 128 valence electrons. The lowest BCUT2D eigenvalue weighted by atomic mass is 9.81. The summed E-state index contributed by atoms with van der Waals surface area (Å²) in [5, 5.41) is 19.1. The average molecular weight is 324 g/mol. The molecule has 2 N–H and O–H groups in total. The molecule has 0 amide bonds. The van der Waals surface area contributed by atoms with E-state index in [0.717, 1.165) is 0 Å². The Morgan fingerprint density at radius 2 is 1.35 bits per heavy atom. The molecule has 0 aliphatic rings. The standard InChI is InChI=1S/C18H25FO4/c1-10(2)7-15(17(20)21)13-6-5-12(19)9-14(13)16(18(22)23)8-11(3)4/h5-6,9-11,15-16H,7-8H2,1-4H3,(H,20,21)(H,22,23). The average Bonchev–Trinajstić information content (AvgIpc) is 2.41. The Morgan fingerprint density at radius 1 is 0.913 bits per heavy atom. The highest BCUT2D eigenvalue weighted by Crippen LogP contribution is 2.34. The predicted molar refractivity (Wildman–Crippen MR) is 86.1 cm³/mol. The van der Waals surface area contributed by atoms with Crippen LogP contribution in [0.1, 0.15) is 63.5 Å². The number of aliphatic carboxylic acids is 2. The molecule has 5 heteroatoms. The molecule has 0 spiro atoms. The fraction of sp³-hybridized carbons (Fsp3) is 0.556. The highest BCUT2D eigenvalue weighted by Gasteiger charge is 2.30. The minimum atomic E-state index is -1.06. The summed E-state index contributed by atoms with van der Waals surface area (Å²) in [6, 6.07) is 3.79. The van der Waals surface area contributed by atoms with Crippen LogP contribution in [0.4, 0.5) is 4.39 Å². The number of carboxylic acids is 2. The maximum Gasteiger partial charge on any atom is 0.310 e. The van der Waals surface area contributed by atoms with E-state index in [1.165, 1.54) is 18.2 Å². The van der Waals surface area contributed by atoms with Crippen LogP contribution in [0.3, 0.4) is 0 Å². The maximum atomic E-state index is 13.7. The summed E-state index contributed by atoms with van der Waals surface area (Å²) in [5.41, 5.74) is 0.680. The van der Waals surface area contributed by atoms with Crippen LogP contribution >= 0.6 is 0 Å².